The van der Waals surface area contributed by atoms with Crippen LogP contribution < -0.4 is 5.32 Å². The summed E-state index contributed by atoms with van der Waals surface area (Å²) >= 11 is 0. The van der Waals surface area contributed by atoms with Crippen LogP contribution in [0.25, 0.3) is 0 Å². The van der Waals surface area contributed by atoms with Gasteiger partial charge in [-0.2, -0.15) is 0 Å². The van der Waals surface area contributed by atoms with Gasteiger partial charge in [0.05, 0.1) is 18.2 Å². The first kappa shape index (κ1) is 13.8. The summed E-state index contributed by atoms with van der Waals surface area (Å²) in [6, 6.07) is -1.22. The summed E-state index contributed by atoms with van der Waals surface area (Å²) in [5, 5.41) is 2.49. The highest BCUT2D eigenvalue weighted by Crippen LogP contribution is 2.33. The number of hydrogen-bond acceptors (Lipinski definition) is 2. The van der Waals surface area contributed by atoms with Gasteiger partial charge in [-0.15, -0.1) is 0 Å². The van der Waals surface area contributed by atoms with Crippen molar-refractivity contribution in [1.82, 2.24) is 5.32 Å². The molecule has 0 amide bonds. The SMILES string of the molecule is CNC(C1=CCCO1)c1c(F)c(F)c(F)c(F)c1F. The van der Waals surface area contributed by atoms with Gasteiger partial charge < -0.3 is 10.1 Å². The van der Waals surface area contributed by atoms with Crippen molar-refractivity contribution in [3.63, 3.8) is 0 Å². The van der Waals surface area contributed by atoms with Crippen molar-refractivity contribution < 1.29 is 26.7 Å². The first-order valence-corrected chi connectivity index (χ1v) is 5.50. The van der Waals surface area contributed by atoms with Gasteiger partial charge in [-0.05, 0) is 13.1 Å². The van der Waals surface area contributed by atoms with Crippen LogP contribution in [-0.4, -0.2) is 13.7 Å². The molecule has 0 spiro atoms. The second kappa shape index (κ2) is 5.16. The fraction of sp³-hybridized carbons (Fsp3) is 0.333. The van der Waals surface area contributed by atoms with Gasteiger partial charge in [-0.25, -0.2) is 22.0 Å². The summed E-state index contributed by atoms with van der Waals surface area (Å²) in [5.41, 5.74) is -0.938. The van der Waals surface area contributed by atoms with E-state index in [9.17, 15) is 22.0 Å². The van der Waals surface area contributed by atoms with E-state index < -0.39 is 40.7 Å². The van der Waals surface area contributed by atoms with Crippen molar-refractivity contribution in [3.05, 3.63) is 46.5 Å². The molecule has 1 N–H and O–H groups in total. The van der Waals surface area contributed by atoms with Gasteiger partial charge in [0.2, 0.25) is 5.82 Å². The van der Waals surface area contributed by atoms with Gasteiger partial charge in [-0.1, -0.05) is 0 Å². The molecule has 7 heteroatoms. The fourth-order valence-electron chi connectivity index (χ4n) is 1.94. The Labute approximate surface area is 105 Å². The van der Waals surface area contributed by atoms with Crippen molar-refractivity contribution in [2.45, 2.75) is 12.5 Å². The predicted octanol–water partition coefficient (Wildman–Crippen LogP) is 2.95. The molecule has 104 valence electrons. The molecule has 2 nitrogen and oxygen atoms in total. The number of ether oxygens (including phenoxy) is 1. The Morgan fingerprint density at radius 3 is 1.95 bits per heavy atom. The highest BCUT2D eigenvalue weighted by molar-refractivity contribution is 5.32. The normalized spacial score (nSPS) is 16.2. The highest BCUT2D eigenvalue weighted by atomic mass is 19.2. The van der Waals surface area contributed by atoms with Gasteiger partial charge in [0.15, 0.2) is 23.3 Å². The molecule has 1 aromatic carbocycles. The molecular weight excluding hydrogens is 269 g/mol. The van der Waals surface area contributed by atoms with E-state index in [1.807, 2.05) is 0 Å². The molecule has 0 saturated carbocycles. The molecule has 2 rings (SSSR count). The number of nitrogens with one attached hydrogen (secondary N) is 1. The van der Waals surface area contributed by atoms with Crippen LogP contribution in [0, 0.1) is 29.1 Å². The van der Waals surface area contributed by atoms with Crippen molar-refractivity contribution >= 4 is 0 Å². The molecule has 1 aliphatic heterocycles. The molecule has 0 bridgehead atoms. The van der Waals surface area contributed by atoms with E-state index in [0.29, 0.717) is 13.0 Å². The monoisotopic (exact) mass is 279 g/mol. The van der Waals surface area contributed by atoms with E-state index in [4.69, 9.17) is 4.74 Å². The van der Waals surface area contributed by atoms with Crippen molar-refractivity contribution in [2.24, 2.45) is 0 Å². The second-order valence-corrected chi connectivity index (χ2v) is 3.95. The van der Waals surface area contributed by atoms with Gasteiger partial charge in [0.25, 0.3) is 0 Å². The van der Waals surface area contributed by atoms with E-state index in [1.54, 1.807) is 6.08 Å². The van der Waals surface area contributed by atoms with Crippen LogP contribution in [-0.2, 0) is 4.74 Å². The first-order chi connectivity index (χ1) is 8.99. The van der Waals surface area contributed by atoms with Crippen molar-refractivity contribution in [3.8, 4) is 0 Å². The maximum Gasteiger partial charge on any atom is 0.200 e. The third kappa shape index (κ3) is 2.18. The molecular formula is C12H10F5NO. The molecule has 1 aliphatic rings. The molecule has 19 heavy (non-hydrogen) atoms. The molecule has 0 aliphatic carbocycles. The standard InChI is InChI=1S/C12H10F5NO/c1-18-12(5-3-2-4-19-5)6-7(13)9(15)11(17)10(16)8(6)14/h3,12,18H,2,4H2,1H3. The van der Waals surface area contributed by atoms with Gasteiger partial charge in [0, 0.05) is 6.42 Å². The van der Waals surface area contributed by atoms with Gasteiger partial charge in [-0.3, -0.25) is 0 Å². The average Bonchev–Trinajstić information content (AvgIpc) is 2.93. The van der Waals surface area contributed by atoms with Gasteiger partial charge >= 0.3 is 0 Å². The first-order valence-electron chi connectivity index (χ1n) is 5.50. The third-order valence-electron chi connectivity index (χ3n) is 2.84. The van der Waals surface area contributed by atoms with Crippen molar-refractivity contribution in [2.75, 3.05) is 13.7 Å². The number of rotatable bonds is 3. The van der Waals surface area contributed by atoms with E-state index in [-0.39, 0.29) is 5.76 Å². The summed E-state index contributed by atoms with van der Waals surface area (Å²) in [4.78, 5) is 0. The van der Waals surface area contributed by atoms with Crippen LogP contribution in [0.5, 0.6) is 0 Å². The molecule has 1 aromatic rings. The minimum Gasteiger partial charge on any atom is -0.496 e. The zero-order chi connectivity index (χ0) is 14.2. The zero-order valence-electron chi connectivity index (χ0n) is 9.87. The maximum absolute atomic E-state index is 13.6. The summed E-state index contributed by atoms with van der Waals surface area (Å²) < 4.78 is 71.6. The van der Waals surface area contributed by atoms with Crippen LogP contribution in [0.1, 0.15) is 18.0 Å². The second-order valence-electron chi connectivity index (χ2n) is 3.95. The Bertz CT molecular complexity index is 514. The van der Waals surface area contributed by atoms with Crippen LogP contribution in [0.3, 0.4) is 0 Å². The van der Waals surface area contributed by atoms with Crippen LogP contribution >= 0.6 is 0 Å². The number of hydrogen-bond donors (Lipinski definition) is 1. The lowest BCUT2D eigenvalue weighted by Gasteiger charge is -2.19. The molecule has 1 atom stereocenters. The molecule has 0 radical (unpaired) electrons. The Hall–Kier alpha value is -1.63. The molecule has 1 heterocycles. The fourth-order valence-corrected chi connectivity index (χ4v) is 1.94. The van der Waals surface area contributed by atoms with E-state index in [0.717, 1.165) is 0 Å². The molecule has 0 fully saturated rings. The Balaban J connectivity index is 2.60. The highest BCUT2D eigenvalue weighted by Gasteiger charge is 2.32. The van der Waals surface area contributed by atoms with E-state index >= 15 is 0 Å². The van der Waals surface area contributed by atoms with Crippen LogP contribution in [0.4, 0.5) is 22.0 Å². The molecule has 0 aromatic heterocycles. The topological polar surface area (TPSA) is 21.3 Å². The summed E-state index contributed by atoms with van der Waals surface area (Å²) in [6.45, 7) is 0.308. The lowest BCUT2D eigenvalue weighted by Crippen LogP contribution is -2.23. The number of benzene rings is 1. The van der Waals surface area contributed by atoms with E-state index in [2.05, 4.69) is 5.32 Å². The third-order valence-corrected chi connectivity index (χ3v) is 2.84. The van der Waals surface area contributed by atoms with E-state index in [1.165, 1.54) is 7.05 Å². The molecule has 0 saturated heterocycles. The minimum absolute atomic E-state index is 0.144. The zero-order valence-corrected chi connectivity index (χ0v) is 9.87. The Kier molecular flexibility index (Phi) is 3.75. The largest absolute Gasteiger partial charge is 0.496 e. The lowest BCUT2D eigenvalue weighted by molar-refractivity contribution is 0.213. The van der Waals surface area contributed by atoms with Crippen molar-refractivity contribution in [1.29, 1.82) is 0 Å². The molecule has 1 unspecified atom stereocenters. The summed E-state index contributed by atoms with van der Waals surface area (Å²) in [5.74, 6) is -9.67. The quantitative estimate of drug-likeness (QED) is 0.522. The smallest absolute Gasteiger partial charge is 0.200 e. The lowest BCUT2D eigenvalue weighted by atomic mass is 10.0. The predicted molar refractivity (Wildman–Crippen MR) is 56.7 cm³/mol. The van der Waals surface area contributed by atoms with Crippen LogP contribution in [0.15, 0.2) is 11.8 Å². The summed E-state index contributed by atoms with van der Waals surface area (Å²) in [6.07, 6.45) is 2.06. The van der Waals surface area contributed by atoms with Crippen LogP contribution in [0.2, 0.25) is 0 Å². The van der Waals surface area contributed by atoms with Gasteiger partial charge in [0.1, 0.15) is 5.76 Å². The Morgan fingerprint density at radius 2 is 1.53 bits per heavy atom. The average molecular weight is 279 g/mol. The maximum atomic E-state index is 13.6. The Morgan fingerprint density at radius 1 is 1.00 bits per heavy atom. The summed E-state index contributed by atoms with van der Waals surface area (Å²) in [7, 11) is 1.34. The minimum atomic E-state index is -2.17. The number of likely N-dealkylation sites (N-methyl/N-ethyl adjacent to an activating group) is 1. The number of halogens is 5.